The molecule has 6 heteroatoms. The second-order valence-corrected chi connectivity index (χ2v) is 5.97. The molecule has 0 spiro atoms. The van der Waals surface area contributed by atoms with Crippen molar-refractivity contribution in [2.75, 3.05) is 26.8 Å². The van der Waals surface area contributed by atoms with Crippen molar-refractivity contribution >= 4 is 12.0 Å². The highest BCUT2D eigenvalue weighted by Crippen LogP contribution is 2.50. The van der Waals surface area contributed by atoms with Crippen molar-refractivity contribution in [2.24, 2.45) is 0 Å². The maximum absolute atomic E-state index is 13.1. The van der Waals surface area contributed by atoms with Gasteiger partial charge in [0, 0.05) is 13.1 Å². The first-order valence-electron chi connectivity index (χ1n) is 7.96. The third-order valence-electron chi connectivity index (χ3n) is 4.56. The number of terminal acetylenes is 1. The lowest BCUT2D eigenvalue weighted by Crippen LogP contribution is -2.49. The minimum Gasteiger partial charge on any atom is -0.497 e. The van der Waals surface area contributed by atoms with E-state index in [4.69, 9.17) is 15.9 Å². The van der Waals surface area contributed by atoms with E-state index in [0.29, 0.717) is 13.1 Å². The fraction of sp³-hybridized carbons (Fsp3) is 0.444. The number of carbonyl (C=O) groups excluding carboxylic acids is 2. The van der Waals surface area contributed by atoms with Gasteiger partial charge in [-0.05, 0) is 37.0 Å². The third-order valence-corrected chi connectivity index (χ3v) is 4.56. The van der Waals surface area contributed by atoms with Gasteiger partial charge in [0.15, 0.2) is 6.61 Å². The van der Waals surface area contributed by atoms with Crippen LogP contribution in [0.1, 0.15) is 24.8 Å². The van der Waals surface area contributed by atoms with Crippen LogP contribution in [0.5, 0.6) is 5.75 Å². The van der Waals surface area contributed by atoms with Crippen LogP contribution in [0.2, 0.25) is 0 Å². The molecular formula is C18H20N2O4. The summed E-state index contributed by atoms with van der Waals surface area (Å²) in [5, 5.41) is 2.87. The number of hydrogen-bond donors (Lipinski definition) is 0. The molecule has 1 aromatic carbocycles. The molecule has 1 saturated carbocycles. The zero-order valence-corrected chi connectivity index (χ0v) is 13.7. The first-order chi connectivity index (χ1) is 11.6. The number of rotatable bonds is 4. The van der Waals surface area contributed by atoms with Crippen LogP contribution in [0.4, 0.5) is 4.79 Å². The van der Waals surface area contributed by atoms with Gasteiger partial charge in [0.2, 0.25) is 0 Å². The molecule has 6 nitrogen and oxygen atoms in total. The maximum atomic E-state index is 13.1. The zero-order chi connectivity index (χ0) is 17.2. The summed E-state index contributed by atoms with van der Waals surface area (Å²) in [7, 11) is 1.61. The Morgan fingerprint density at radius 1 is 1.21 bits per heavy atom. The molecular weight excluding hydrogens is 308 g/mol. The Morgan fingerprint density at radius 2 is 1.88 bits per heavy atom. The van der Waals surface area contributed by atoms with Crippen LogP contribution in [0.25, 0.3) is 0 Å². The number of benzene rings is 1. The molecule has 1 aromatic rings. The van der Waals surface area contributed by atoms with Gasteiger partial charge in [-0.1, -0.05) is 18.1 Å². The summed E-state index contributed by atoms with van der Waals surface area (Å²) in [5.74, 6) is 2.96. The summed E-state index contributed by atoms with van der Waals surface area (Å²) in [6, 6.07) is 7.54. The van der Waals surface area contributed by atoms with Gasteiger partial charge in [-0.25, -0.2) is 14.8 Å². The van der Waals surface area contributed by atoms with E-state index >= 15 is 0 Å². The Morgan fingerprint density at radius 3 is 2.46 bits per heavy atom. The summed E-state index contributed by atoms with van der Waals surface area (Å²) in [4.78, 5) is 25.2. The number of ether oxygens (including phenoxy) is 2. The van der Waals surface area contributed by atoms with Crippen LogP contribution in [0.15, 0.2) is 24.3 Å². The molecule has 0 atom stereocenters. The molecule has 1 aliphatic carbocycles. The molecule has 2 amide bonds. The minimum atomic E-state index is -0.565. The Hall–Kier alpha value is -2.68. The van der Waals surface area contributed by atoms with Crippen molar-refractivity contribution < 1.29 is 19.1 Å². The Bertz CT molecular complexity index is 673. The molecule has 126 valence electrons. The van der Waals surface area contributed by atoms with Crippen molar-refractivity contribution in [1.82, 2.24) is 10.0 Å². The van der Waals surface area contributed by atoms with Crippen LogP contribution in [-0.2, 0) is 14.9 Å². The minimum absolute atomic E-state index is 0.0529. The van der Waals surface area contributed by atoms with Gasteiger partial charge in [-0.3, -0.25) is 4.79 Å². The predicted octanol–water partition coefficient (Wildman–Crippen LogP) is 1.95. The first-order valence-corrected chi connectivity index (χ1v) is 7.96. The van der Waals surface area contributed by atoms with Gasteiger partial charge in [0.1, 0.15) is 5.75 Å². The largest absolute Gasteiger partial charge is 0.497 e. The molecule has 1 saturated heterocycles. The maximum Gasteiger partial charge on any atom is 0.429 e. The monoisotopic (exact) mass is 328 g/mol. The second-order valence-electron chi connectivity index (χ2n) is 5.97. The summed E-state index contributed by atoms with van der Waals surface area (Å²) in [5.41, 5.74) is 0.415. The fourth-order valence-corrected chi connectivity index (χ4v) is 3.10. The molecule has 0 N–H and O–H groups in total. The van der Waals surface area contributed by atoms with Gasteiger partial charge in [0.25, 0.3) is 5.91 Å². The Balaban J connectivity index is 1.77. The van der Waals surface area contributed by atoms with Crippen LogP contribution in [-0.4, -0.2) is 48.8 Å². The van der Waals surface area contributed by atoms with Crippen LogP contribution in [0.3, 0.4) is 0 Å². The predicted molar refractivity (Wildman–Crippen MR) is 87.1 cm³/mol. The number of nitrogens with zero attached hydrogens (tertiary/aromatic N) is 2. The zero-order valence-electron chi connectivity index (χ0n) is 13.7. The molecule has 0 radical (unpaired) electrons. The molecule has 3 rings (SSSR count). The lowest BCUT2D eigenvalue weighted by Gasteiger charge is -2.30. The van der Waals surface area contributed by atoms with Gasteiger partial charge in [-0.2, -0.15) is 0 Å². The number of hydrazine groups is 1. The number of hydrogen-bond acceptors (Lipinski definition) is 4. The van der Waals surface area contributed by atoms with E-state index in [1.807, 2.05) is 24.3 Å². The van der Waals surface area contributed by atoms with Gasteiger partial charge in [0.05, 0.1) is 12.5 Å². The summed E-state index contributed by atoms with van der Waals surface area (Å²) < 4.78 is 10.1. The standard InChI is InChI=1S/C18H20N2O4/c1-3-13-24-17(22)20-12-4-11-19(20)16(21)18(9-10-18)14-5-7-15(23-2)8-6-14/h1,5-8H,4,9-13H2,2H3. The Kier molecular flexibility index (Phi) is 4.34. The molecule has 0 aromatic heterocycles. The quantitative estimate of drug-likeness (QED) is 0.793. The fourth-order valence-electron chi connectivity index (χ4n) is 3.10. The van der Waals surface area contributed by atoms with Crippen LogP contribution >= 0.6 is 0 Å². The van der Waals surface area contributed by atoms with Crippen LogP contribution < -0.4 is 4.74 Å². The van der Waals surface area contributed by atoms with E-state index in [9.17, 15) is 9.59 Å². The molecule has 2 fully saturated rings. The van der Waals surface area contributed by atoms with Crippen molar-refractivity contribution in [3.05, 3.63) is 29.8 Å². The van der Waals surface area contributed by atoms with E-state index < -0.39 is 11.5 Å². The summed E-state index contributed by atoms with van der Waals surface area (Å²) in [6.07, 6.45) is 6.84. The number of carbonyl (C=O) groups is 2. The van der Waals surface area contributed by atoms with E-state index in [2.05, 4.69) is 5.92 Å². The van der Waals surface area contributed by atoms with E-state index in [1.165, 1.54) is 10.0 Å². The van der Waals surface area contributed by atoms with Crippen molar-refractivity contribution in [2.45, 2.75) is 24.7 Å². The van der Waals surface area contributed by atoms with E-state index in [-0.39, 0.29) is 12.5 Å². The average molecular weight is 328 g/mol. The smallest absolute Gasteiger partial charge is 0.429 e. The van der Waals surface area contributed by atoms with Gasteiger partial charge >= 0.3 is 6.09 Å². The molecule has 0 unspecified atom stereocenters. The van der Waals surface area contributed by atoms with Gasteiger partial charge in [-0.15, -0.1) is 6.42 Å². The molecule has 0 bridgehead atoms. The third kappa shape index (κ3) is 2.78. The van der Waals surface area contributed by atoms with E-state index in [0.717, 1.165) is 30.6 Å². The highest BCUT2D eigenvalue weighted by Gasteiger charge is 2.55. The molecule has 24 heavy (non-hydrogen) atoms. The van der Waals surface area contributed by atoms with Crippen molar-refractivity contribution in [1.29, 1.82) is 0 Å². The molecule has 1 heterocycles. The Labute approximate surface area is 141 Å². The lowest BCUT2D eigenvalue weighted by molar-refractivity contribution is -0.144. The summed E-state index contributed by atoms with van der Waals surface area (Å²) in [6.45, 7) is 0.886. The normalized spacial score (nSPS) is 18.0. The van der Waals surface area contributed by atoms with Gasteiger partial charge < -0.3 is 9.47 Å². The number of amides is 2. The van der Waals surface area contributed by atoms with Crippen molar-refractivity contribution in [3.63, 3.8) is 0 Å². The lowest BCUT2D eigenvalue weighted by atomic mass is 9.94. The topological polar surface area (TPSA) is 59.1 Å². The number of methoxy groups -OCH3 is 1. The van der Waals surface area contributed by atoms with E-state index in [1.54, 1.807) is 7.11 Å². The molecule has 1 aliphatic heterocycles. The SMILES string of the molecule is C#CCOC(=O)N1CCCN1C(=O)C1(c2ccc(OC)cc2)CC1. The average Bonchev–Trinajstić information content (AvgIpc) is 3.28. The second kappa shape index (κ2) is 6.44. The van der Waals surface area contributed by atoms with Crippen LogP contribution in [0, 0.1) is 12.3 Å². The highest BCUT2D eigenvalue weighted by molar-refractivity contribution is 5.92. The summed E-state index contributed by atoms with van der Waals surface area (Å²) >= 11 is 0. The first kappa shape index (κ1) is 16.2. The molecule has 2 aliphatic rings. The highest BCUT2D eigenvalue weighted by atomic mass is 16.6. The van der Waals surface area contributed by atoms with Crippen molar-refractivity contribution in [3.8, 4) is 18.1 Å².